The zero-order valence-corrected chi connectivity index (χ0v) is 13.1. The van der Waals surface area contributed by atoms with Gasteiger partial charge in [0.15, 0.2) is 0 Å². The largest absolute Gasteiger partial charge is 0.497 e. The summed E-state index contributed by atoms with van der Waals surface area (Å²) in [6.45, 7) is 7.80. The highest BCUT2D eigenvalue weighted by Crippen LogP contribution is 2.22. The van der Waals surface area contributed by atoms with Gasteiger partial charge in [0.1, 0.15) is 5.75 Å². The van der Waals surface area contributed by atoms with Crippen molar-refractivity contribution in [1.82, 2.24) is 9.80 Å². The second-order valence-electron chi connectivity index (χ2n) is 5.54. The van der Waals surface area contributed by atoms with Crippen molar-refractivity contribution in [2.24, 2.45) is 0 Å². The van der Waals surface area contributed by atoms with Crippen LogP contribution in [-0.2, 0) is 0 Å². The normalized spacial score (nSPS) is 17.6. The van der Waals surface area contributed by atoms with Gasteiger partial charge in [0.25, 0.3) is 5.91 Å². The molecule has 0 bridgehead atoms. The Kier molecular flexibility index (Phi) is 5.07. The van der Waals surface area contributed by atoms with Crippen LogP contribution in [0.4, 0.5) is 5.69 Å². The number of anilines is 1. The van der Waals surface area contributed by atoms with E-state index in [0.717, 1.165) is 32.6 Å². The van der Waals surface area contributed by atoms with Gasteiger partial charge >= 0.3 is 0 Å². The van der Waals surface area contributed by atoms with Gasteiger partial charge in [-0.15, -0.1) is 0 Å². The van der Waals surface area contributed by atoms with Crippen molar-refractivity contribution >= 4 is 11.6 Å². The number of hydrogen-bond donors (Lipinski definition) is 1. The summed E-state index contributed by atoms with van der Waals surface area (Å²) < 4.78 is 5.12. The Bertz CT molecular complexity index is 496. The van der Waals surface area contributed by atoms with Gasteiger partial charge in [0.05, 0.1) is 12.7 Å². The number of piperazine rings is 1. The molecule has 5 heteroatoms. The molecule has 0 aliphatic carbocycles. The predicted molar refractivity (Wildman–Crippen MR) is 84.6 cm³/mol. The first kappa shape index (κ1) is 15.6. The molecule has 2 rings (SSSR count). The quantitative estimate of drug-likeness (QED) is 0.860. The van der Waals surface area contributed by atoms with E-state index in [4.69, 9.17) is 10.5 Å². The molecule has 1 aliphatic heterocycles. The van der Waals surface area contributed by atoms with Crippen molar-refractivity contribution < 1.29 is 9.53 Å². The summed E-state index contributed by atoms with van der Waals surface area (Å²) in [6.07, 6.45) is 1.14. The molecule has 1 fully saturated rings. The summed E-state index contributed by atoms with van der Waals surface area (Å²) in [5, 5.41) is 0. The van der Waals surface area contributed by atoms with Crippen molar-refractivity contribution in [2.45, 2.75) is 26.3 Å². The SMILES string of the molecule is CCC(C)N1CCN(C(=O)c2ccc(OC)cc2N)CC1. The Labute approximate surface area is 126 Å². The molecular weight excluding hydrogens is 266 g/mol. The Balaban J connectivity index is 2.02. The Hall–Kier alpha value is -1.75. The van der Waals surface area contributed by atoms with E-state index in [-0.39, 0.29) is 5.91 Å². The number of rotatable bonds is 4. The molecule has 2 N–H and O–H groups in total. The number of ether oxygens (including phenoxy) is 1. The molecule has 1 aromatic carbocycles. The summed E-state index contributed by atoms with van der Waals surface area (Å²) in [6, 6.07) is 5.80. The molecule has 1 heterocycles. The van der Waals surface area contributed by atoms with Crippen LogP contribution in [-0.4, -0.2) is 55.0 Å². The number of hydrogen-bond acceptors (Lipinski definition) is 4. The molecule has 1 unspecified atom stereocenters. The first-order valence-corrected chi connectivity index (χ1v) is 7.53. The molecular formula is C16H25N3O2. The summed E-state index contributed by atoms with van der Waals surface area (Å²) in [5.74, 6) is 0.685. The fourth-order valence-corrected chi connectivity index (χ4v) is 2.66. The summed E-state index contributed by atoms with van der Waals surface area (Å²) in [5.41, 5.74) is 7.00. The van der Waals surface area contributed by atoms with E-state index < -0.39 is 0 Å². The molecule has 116 valence electrons. The van der Waals surface area contributed by atoms with Crippen LogP contribution in [0.25, 0.3) is 0 Å². The fraction of sp³-hybridized carbons (Fsp3) is 0.562. The third-order valence-corrected chi connectivity index (χ3v) is 4.30. The van der Waals surface area contributed by atoms with Gasteiger partial charge in [-0.1, -0.05) is 6.92 Å². The van der Waals surface area contributed by atoms with Crippen molar-refractivity contribution in [2.75, 3.05) is 39.0 Å². The van der Waals surface area contributed by atoms with E-state index in [1.165, 1.54) is 0 Å². The molecule has 1 atom stereocenters. The number of nitrogens with two attached hydrogens (primary N) is 1. The van der Waals surface area contributed by atoms with Crippen molar-refractivity contribution in [3.63, 3.8) is 0 Å². The predicted octanol–water partition coefficient (Wildman–Crippen LogP) is 1.83. The number of carbonyl (C=O) groups is 1. The highest BCUT2D eigenvalue weighted by atomic mass is 16.5. The van der Waals surface area contributed by atoms with Crippen LogP contribution >= 0.6 is 0 Å². The number of nitrogens with zero attached hydrogens (tertiary/aromatic N) is 2. The molecule has 0 aromatic heterocycles. The van der Waals surface area contributed by atoms with Crippen LogP contribution < -0.4 is 10.5 Å². The molecule has 0 saturated carbocycles. The minimum absolute atomic E-state index is 0.0129. The Morgan fingerprint density at radius 1 is 1.33 bits per heavy atom. The molecule has 0 spiro atoms. The summed E-state index contributed by atoms with van der Waals surface area (Å²) in [7, 11) is 1.59. The maximum atomic E-state index is 12.6. The fourth-order valence-electron chi connectivity index (χ4n) is 2.66. The summed E-state index contributed by atoms with van der Waals surface area (Å²) in [4.78, 5) is 16.9. The molecule has 1 saturated heterocycles. The van der Waals surface area contributed by atoms with Gasteiger partial charge in [-0.3, -0.25) is 9.69 Å². The van der Waals surface area contributed by atoms with E-state index in [9.17, 15) is 4.79 Å². The average molecular weight is 291 g/mol. The van der Waals surface area contributed by atoms with Gasteiger partial charge in [-0.05, 0) is 25.5 Å². The molecule has 1 amide bonds. The first-order chi connectivity index (χ1) is 10.1. The minimum atomic E-state index is 0.0129. The maximum absolute atomic E-state index is 12.6. The Morgan fingerprint density at radius 3 is 2.52 bits per heavy atom. The van der Waals surface area contributed by atoms with Crippen LogP contribution in [0, 0.1) is 0 Å². The number of amides is 1. The van der Waals surface area contributed by atoms with Gasteiger partial charge in [0, 0.05) is 44.0 Å². The third-order valence-electron chi connectivity index (χ3n) is 4.30. The van der Waals surface area contributed by atoms with Crippen molar-refractivity contribution in [3.8, 4) is 5.75 Å². The topological polar surface area (TPSA) is 58.8 Å². The van der Waals surface area contributed by atoms with Crippen LogP contribution in [0.5, 0.6) is 5.75 Å². The van der Waals surface area contributed by atoms with Gasteiger partial charge in [0.2, 0.25) is 0 Å². The lowest BCUT2D eigenvalue weighted by molar-refractivity contribution is 0.0580. The zero-order valence-electron chi connectivity index (χ0n) is 13.1. The highest BCUT2D eigenvalue weighted by Gasteiger charge is 2.25. The zero-order chi connectivity index (χ0) is 15.4. The number of benzene rings is 1. The van der Waals surface area contributed by atoms with E-state index in [1.807, 2.05) is 4.90 Å². The number of nitrogen functional groups attached to an aromatic ring is 1. The molecule has 21 heavy (non-hydrogen) atoms. The van der Waals surface area contributed by atoms with E-state index >= 15 is 0 Å². The Morgan fingerprint density at radius 2 is 2.00 bits per heavy atom. The van der Waals surface area contributed by atoms with Gasteiger partial charge < -0.3 is 15.4 Å². The molecule has 5 nitrogen and oxygen atoms in total. The molecule has 1 aromatic rings. The lowest BCUT2D eigenvalue weighted by Crippen LogP contribution is -2.51. The smallest absolute Gasteiger partial charge is 0.256 e. The average Bonchev–Trinajstić information content (AvgIpc) is 2.53. The highest BCUT2D eigenvalue weighted by molar-refractivity contribution is 5.99. The van der Waals surface area contributed by atoms with E-state index in [1.54, 1.807) is 25.3 Å². The molecule has 0 radical (unpaired) electrons. The first-order valence-electron chi connectivity index (χ1n) is 7.53. The number of carbonyl (C=O) groups excluding carboxylic acids is 1. The second kappa shape index (κ2) is 6.80. The maximum Gasteiger partial charge on any atom is 0.256 e. The van der Waals surface area contributed by atoms with Crippen LogP contribution in [0.15, 0.2) is 18.2 Å². The van der Waals surface area contributed by atoms with E-state index in [2.05, 4.69) is 18.7 Å². The van der Waals surface area contributed by atoms with Gasteiger partial charge in [-0.2, -0.15) is 0 Å². The lowest BCUT2D eigenvalue weighted by Gasteiger charge is -2.38. The second-order valence-corrected chi connectivity index (χ2v) is 5.54. The van der Waals surface area contributed by atoms with Crippen molar-refractivity contribution in [1.29, 1.82) is 0 Å². The lowest BCUT2D eigenvalue weighted by atomic mass is 10.1. The minimum Gasteiger partial charge on any atom is -0.497 e. The standard InChI is InChI=1S/C16H25N3O2/c1-4-12(2)18-7-9-19(10-8-18)16(20)14-6-5-13(21-3)11-15(14)17/h5-6,11-12H,4,7-10,17H2,1-3H3. The van der Waals surface area contributed by atoms with Gasteiger partial charge in [-0.25, -0.2) is 0 Å². The van der Waals surface area contributed by atoms with Crippen molar-refractivity contribution in [3.05, 3.63) is 23.8 Å². The number of methoxy groups -OCH3 is 1. The van der Waals surface area contributed by atoms with Crippen LogP contribution in [0.2, 0.25) is 0 Å². The molecule has 1 aliphatic rings. The van der Waals surface area contributed by atoms with Crippen LogP contribution in [0.3, 0.4) is 0 Å². The summed E-state index contributed by atoms with van der Waals surface area (Å²) >= 11 is 0. The monoisotopic (exact) mass is 291 g/mol. The third kappa shape index (κ3) is 3.47. The van der Waals surface area contributed by atoms with E-state index in [0.29, 0.717) is 23.0 Å². The van der Waals surface area contributed by atoms with Crippen LogP contribution in [0.1, 0.15) is 30.6 Å².